The maximum Gasteiger partial charge on any atom is 0.223 e. The van der Waals surface area contributed by atoms with E-state index in [1.54, 1.807) is 0 Å². The molecule has 2 aromatic rings. The minimum Gasteiger partial charge on any atom is -0.350 e. The molecule has 90 valence electrons. The number of hydrogen-bond acceptors (Lipinski definition) is 4. The van der Waals surface area contributed by atoms with Gasteiger partial charge in [-0.2, -0.15) is 0 Å². The summed E-state index contributed by atoms with van der Waals surface area (Å²) >= 11 is 0. The molecule has 0 unspecified atom stereocenters. The lowest BCUT2D eigenvalue weighted by molar-refractivity contribution is 0.782. The second-order valence-electron chi connectivity index (χ2n) is 4.09. The van der Waals surface area contributed by atoms with Gasteiger partial charge in [0.2, 0.25) is 5.95 Å². The Kier molecular flexibility index (Phi) is 3.76. The van der Waals surface area contributed by atoms with E-state index in [2.05, 4.69) is 20.6 Å². The zero-order chi connectivity index (χ0) is 10.8. The zero-order valence-electron chi connectivity index (χ0n) is 9.39. The summed E-state index contributed by atoms with van der Waals surface area (Å²) in [6.45, 7) is 2.07. The molecule has 0 aliphatic carbocycles. The molecule has 1 saturated heterocycles. The molecule has 0 radical (unpaired) electrons. The Balaban J connectivity index is 0.00000108. The van der Waals surface area contributed by atoms with E-state index in [4.69, 9.17) is 0 Å². The number of nitrogens with one attached hydrogen (secondary N) is 2. The summed E-state index contributed by atoms with van der Waals surface area (Å²) in [5.41, 5.74) is 0.992. The number of hydrogen-bond donors (Lipinski definition) is 2. The van der Waals surface area contributed by atoms with Crippen molar-refractivity contribution in [3.8, 4) is 0 Å². The van der Waals surface area contributed by atoms with Crippen molar-refractivity contribution in [2.75, 3.05) is 18.4 Å². The Morgan fingerprint density at radius 1 is 1.29 bits per heavy atom. The van der Waals surface area contributed by atoms with Gasteiger partial charge in [0.15, 0.2) is 0 Å². The van der Waals surface area contributed by atoms with Crippen molar-refractivity contribution in [2.45, 2.75) is 12.5 Å². The van der Waals surface area contributed by atoms with Crippen LogP contribution in [0.1, 0.15) is 6.42 Å². The SMILES string of the molecule is Cl.c1ccc2nc(N[C@@H]3CCNC3)ncc2c1. The Morgan fingerprint density at radius 2 is 2.18 bits per heavy atom. The number of nitrogens with zero attached hydrogens (tertiary/aromatic N) is 2. The van der Waals surface area contributed by atoms with Crippen LogP contribution in [-0.2, 0) is 0 Å². The molecule has 5 heteroatoms. The van der Waals surface area contributed by atoms with E-state index in [-0.39, 0.29) is 12.4 Å². The van der Waals surface area contributed by atoms with Gasteiger partial charge in [-0.1, -0.05) is 18.2 Å². The van der Waals surface area contributed by atoms with Crippen LogP contribution in [0.2, 0.25) is 0 Å². The van der Waals surface area contributed by atoms with E-state index in [9.17, 15) is 0 Å². The first-order valence-electron chi connectivity index (χ1n) is 5.61. The van der Waals surface area contributed by atoms with Gasteiger partial charge in [-0.15, -0.1) is 12.4 Å². The summed E-state index contributed by atoms with van der Waals surface area (Å²) in [6, 6.07) is 8.49. The van der Waals surface area contributed by atoms with E-state index >= 15 is 0 Å². The minimum absolute atomic E-state index is 0. The van der Waals surface area contributed by atoms with Crippen LogP contribution in [0.3, 0.4) is 0 Å². The molecule has 0 saturated carbocycles. The van der Waals surface area contributed by atoms with Crippen LogP contribution in [-0.4, -0.2) is 29.1 Å². The fraction of sp³-hybridized carbons (Fsp3) is 0.333. The maximum absolute atomic E-state index is 4.49. The summed E-state index contributed by atoms with van der Waals surface area (Å²) < 4.78 is 0. The Labute approximate surface area is 106 Å². The first kappa shape index (κ1) is 12.1. The second kappa shape index (κ2) is 5.29. The molecule has 0 bridgehead atoms. The quantitative estimate of drug-likeness (QED) is 0.854. The Morgan fingerprint density at radius 3 is 3.00 bits per heavy atom. The van der Waals surface area contributed by atoms with Gasteiger partial charge >= 0.3 is 0 Å². The number of benzene rings is 1. The zero-order valence-corrected chi connectivity index (χ0v) is 10.2. The number of para-hydroxylation sites is 1. The molecule has 4 nitrogen and oxygen atoms in total. The van der Waals surface area contributed by atoms with Gasteiger partial charge in [0, 0.05) is 24.2 Å². The molecule has 1 atom stereocenters. The van der Waals surface area contributed by atoms with E-state index in [1.807, 2.05) is 30.5 Å². The second-order valence-corrected chi connectivity index (χ2v) is 4.09. The molecular formula is C12H15ClN4. The molecule has 0 amide bonds. The first-order valence-corrected chi connectivity index (χ1v) is 5.61. The van der Waals surface area contributed by atoms with Crippen molar-refractivity contribution in [3.05, 3.63) is 30.5 Å². The van der Waals surface area contributed by atoms with E-state index in [0.29, 0.717) is 6.04 Å². The monoisotopic (exact) mass is 250 g/mol. The summed E-state index contributed by atoms with van der Waals surface area (Å²) in [6.07, 6.45) is 3.00. The van der Waals surface area contributed by atoms with Crippen LogP contribution >= 0.6 is 12.4 Å². The number of halogens is 1. The smallest absolute Gasteiger partial charge is 0.223 e. The molecule has 1 aromatic carbocycles. The summed E-state index contributed by atoms with van der Waals surface area (Å²) in [7, 11) is 0. The summed E-state index contributed by atoms with van der Waals surface area (Å²) in [5.74, 6) is 0.729. The molecule has 2 N–H and O–H groups in total. The highest BCUT2D eigenvalue weighted by Crippen LogP contribution is 2.13. The molecule has 0 spiro atoms. The third-order valence-corrected chi connectivity index (χ3v) is 2.88. The number of rotatable bonds is 2. The molecule has 1 aromatic heterocycles. The number of fused-ring (bicyclic) bond motifs is 1. The number of aromatic nitrogens is 2. The van der Waals surface area contributed by atoms with Crippen molar-refractivity contribution in [2.24, 2.45) is 0 Å². The third kappa shape index (κ3) is 2.65. The predicted molar refractivity (Wildman–Crippen MR) is 71.7 cm³/mol. The van der Waals surface area contributed by atoms with Crippen molar-refractivity contribution in [3.63, 3.8) is 0 Å². The van der Waals surface area contributed by atoms with Crippen molar-refractivity contribution in [1.29, 1.82) is 0 Å². The molecular weight excluding hydrogens is 236 g/mol. The fourth-order valence-corrected chi connectivity index (χ4v) is 2.00. The molecule has 1 fully saturated rings. The van der Waals surface area contributed by atoms with E-state index in [1.165, 1.54) is 0 Å². The van der Waals surface area contributed by atoms with Crippen LogP contribution in [0.25, 0.3) is 10.9 Å². The van der Waals surface area contributed by atoms with E-state index in [0.717, 1.165) is 36.4 Å². The van der Waals surface area contributed by atoms with Crippen molar-refractivity contribution < 1.29 is 0 Å². The average molecular weight is 251 g/mol. The van der Waals surface area contributed by atoms with Crippen LogP contribution in [0.4, 0.5) is 5.95 Å². The number of anilines is 1. The van der Waals surface area contributed by atoms with Gasteiger partial charge < -0.3 is 10.6 Å². The topological polar surface area (TPSA) is 49.8 Å². The molecule has 2 heterocycles. The van der Waals surface area contributed by atoms with Crippen molar-refractivity contribution >= 4 is 29.3 Å². The lowest BCUT2D eigenvalue weighted by Gasteiger charge is -2.10. The van der Waals surface area contributed by atoms with Crippen LogP contribution in [0.5, 0.6) is 0 Å². The largest absolute Gasteiger partial charge is 0.350 e. The van der Waals surface area contributed by atoms with Gasteiger partial charge in [-0.25, -0.2) is 9.97 Å². The maximum atomic E-state index is 4.49. The lowest BCUT2D eigenvalue weighted by Crippen LogP contribution is -2.23. The third-order valence-electron chi connectivity index (χ3n) is 2.88. The van der Waals surface area contributed by atoms with Gasteiger partial charge in [0.05, 0.1) is 5.52 Å². The summed E-state index contributed by atoms with van der Waals surface area (Å²) in [4.78, 5) is 8.81. The first-order chi connectivity index (χ1) is 7.92. The predicted octanol–water partition coefficient (Wildman–Crippen LogP) is 1.83. The van der Waals surface area contributed by atoms with E-state index < -0.39 is 0 Å². The molecule has 1 aliphatic rings. The van der Waals surface area contributed by atoms with Gasteiger partial charge in [-0.3, -0.25) is 0 Å². The lowest BCUT2D eigenvalue weighted by atomic mass is 10.2. The van der Waals surface area contributed by atoms with Gasteiger partial charge in [-0.05, 0) is 19.0 Å². The molecule has 17 heavy (non-hydrogen) atoms. The molecule has 1 aliphatic heterocycles. The average Bonchev–Trinajstić information content (AvgIpc) is 2.82. The van der Waals surface area contributed by atoms with Gasteiger partial charge in [0.1, 0.15) is 0 Å². The minimum atomic E-state index is 0. The summed E-state index contributed by atoms with van der Waals surface area (Å²) in [5, 5.41) is 7.74. The van der Waals surface area contributed by atoms with Gasteiger partial charge in [0.25, 0.3) is 0 Å². The Bertz CT molecular complexity index is 497. The standard InChI is InChI=1S/C12H14N4.ClH/c1-2-4-11-9(3-1)7-14-12(16-11)15-10-5-6-13-8-10;/h1-4,7,10,13H,5-6,8H2,(H,14,15,16);1H/t10-;/m1./s1. The van der Waals surface area contributed by atoms with Crippen LogP contribution < -0.4 is 10.6 Å². The van der Waals surface area contributed by atoms with Crippen LogP contribution in [0.15, 0.2) is 30.5 Å². The Hall–Kier alpha value is -1.39. The highest BCUT2D eigenvalue weighted by molar-refractivity contribution is 5.85. The fourth-order valence-electron chi connectivity index (χ4n) is 2.00. The highest BCUT2D eigenvalue weighted by Gasteiger charge is 2.14. The normalized spacial score (nSPS) is 18.9. The molecule has 3 rings (SSSR count). The van der Waals surface area contributed by atoms with Crippen molar-refractivity contribution in [1.82, 2.24) is 15.3 Å². The van der Waals surface area contributed by atoms with Crippen LogP contribution in [0, 0.1) is 0 Å². The highest BCUT2D eigenvalue weighted by atomic mass is 35.5.